The summed E-state index contributed by atoms with van der Waals surface area (Å²) in [5.41, 5.74) is 1.03. The Balaban J connectivity index is 1.35. The topological polar surface area (TPSA) is 78.0 Å². The van der Waals surface area contributed by atoms with E-state index in [9.17, 15) is 18.0 Å². The molecule has 31 heavy (non-hydrogen) atoms. The minimum absolute atomic E-state index is 0.0258. The second kappa shape index (κ2) is 8.98. The van der Waals surface area contributed by atoms with Crippen LogP contribution < -0.4 is 0 Å². The number of piperazine rings is 1. The van der Waals surface area contributed by atoms with Gasteiger partial charge >= 0.3 is 0 Å². The van der Waals surface area contributed by atoms with Gasteiger partial charge in [-0.25, -0.2) is 8.42 Å². The van der Waals surface area contributed by atoms with Crippen LogP contribution in [0.15, 0.2) is 59.5 Å². The number of benzene rings is 2. The van der Waals surface area contributed by atoms with Crippen LogP contribution in [0.4, 0.5) is 0 Å². The number of likely N-dealkylation sites (tertiary alicyclic amines) is 1. The minimum Gasteiger partial charge on any atom is -0.340 e. The Morgan fingerprint density at radius 1 is 0.968 bits per heavy atom. The standard InChI is InChI=1S/C22H24ClN3O4S/c23-19-8-4-5-9-20(19)31(29,30)26-12-10-24(11-13-26)22(28)18-14-21(27)25(16-18)15-17-6-2-1-3-7-17/h1-9,18H,10-16H2. The van der Waals surface area contributed by atoms with Gasteiger partial charge in [-0.2, -0.15) is 4.31 Å². The zero-order chi connectivity index (χ0) is 22.0. The smallest absolute Gasteiger partial charge is 0.244 e. The molecule has 7 nitrogen and oxygen atoms in total. The van der Waals surface area contributed by atoms with Gasteiger partial charge in [0.25, 0.3) is 0 Å². The van der Waals surface area contributed by atoms with Gasteiger partial charge in [0.2, 0.25) is 21.8 Å². The zero-order valence-electron chi connectivity index (χ0n) is 17.0. The van der Waals surface area contributed by atoms with Crippen molar-refractivity contribution >= 4 is 33.4 Å². The summed E-state index contributed by atoms with van der Waals surface area (Å²) < 4.78 is 27.1. The van der Waals surface area contributed by atoms with Gasteiger partial charge in [0.15, 0.2) is 0 Å². The molecule has 0 aromatic heterocycles. The number of hydrogen-bond donors (Lipinski definition) is 0. The van der Waals surface area contributed by atoms with Crippen LogP contribution in [0.2, 0.25) is 5.02 Å². The number of hydrogen-bond acceptors (Lipinski definition) is 4. The molecule has 0 radical (unpaired) electrons. The predicted molar refractivity (Wildman–Crippen MR) is 117 cm³/mol. The van der Waals surface area contributed by atoms with Gasteiger partial charge in [0.05, 0.1) is 10.9 Å². The number of carbonyl (C=O) groups excluding carboxylic acids is 2. The van der Waals surface area contributed by atoms with Crippen LogP contribution in [0, 0.1) is 5.92 Å². The summed E-state index contributed by atoms with van der Waals surface area (Å²) in [7, 11) is -3.71. The van der Waals surface area contributed by atoms with Crippen molar-refractivity contribution in [2.75, 3.05) is 32.7 Å². The molecule has 2 heterocycles. The lowest BCUT2D eigenvalue weighted by atomic mass is 10.1. The third kappa shape index (κ3) is 4.61. The van der Waals surface area contributed by atoms with E-state index in [2.05, 4.69) is 0 Å². The lowest BCUT2D eigenvalue weighted by molar-refractivity contribution is -0.137. The van der Waals surface area contributed by atoms with Gasteiger partial charge in [0, 0.05) is 45.7 Å². The predicted octanol–water partition coefficient (Wildman–Crippen LogP) is 2.22. The van der Waals surface area contributed by atoms with Crippen molar-refractivity contribution in [1.29, 1.82) is 0 Å². The highest BCUT2D eigenvalue weighted by Crippen LogP contribution is 2.26. The zero-order valence-corrected chi connectivity index (χ0v) is 18.6. The van der Waals surface area contributed by atoms with E-state index >= 15 is 0 Å². The molecule has 2 saturated heterocycles. The number of amides is 2. The maximum absolute atomic E-state index is 13.0. The van der Waals surface area contributed by atoms with Gasteiger partial charge in [-0.05, 0) is 17.7 Å². The lowest BCUT2D eigenvalue weighted by Crippen LogP contribution is -2.52. The van der Waals surface area contributed by atoms with E-state index in [4.69, 9.17) is 11.6 Å². The Morgan fingerprint density at radius 3 is 2.29 bits per heavy atom. The second-order valence-electron chi connectivity index (χ2n) is 7.82. The Labute approximate surface area is 187 Å². The molecular weight excluding hydrogens is 438 g/mol. The number of rotatable bonds is 5. The molecule has 164 valence electrons. The quantitative estimate of drug-likeness (QED) is 0.684. The fraction of sp³-hybridized carbons (Fsp3) is 0.364. The molecular formula is C22H24ClN3O4S. The summed E-state index contributed by atoms with van der Waals surface area (Å²) in [5.74, 6) is -0.497. The van der Waals surface area contributed by atoms with E-state index < -0.39 is 10.0 Å². The first-order chi connectivity index (χ1) is 14.9. The molecule has 2 fully saturated rings. The fourth-order valence-electron chi connectivity index (χ4n) is 4.09. The van der Waals surface area contributed by atoms with Gasteiger partial charge in [0.1, 0.15) is 4.90 Å². The van der Waals surface area contributed by atoms with Crippen molar-refractivity contribution in [3.8, 4) is 0 Å². The van der Waals surface area contributed by atoms with E-state index in [-0.39, 0.29) is 47.2 Å². The normalized spacial score (nSPS) is 20.3. The summed E-state index contributed by atoms with van der Waals surface area (Å²) in [6, 6.07) is 16.0. The molecule has 2 aromatic carbocycles. The maximum atomic E-state index is 13.0. The Kier molecular flexibility index (Phi) is 6.31. The first-order valence-electron chi connectivity index (χ1n) is 10.2. The average molecular weight is 462 g/mol. The largest absolute Gasteiger partial charge is 0.340 e. The summed E-state index contributed by atoms with van der Waals surface area (Å²) >= 11 is 6.07. The molecule has 2 amide bonds. The molecule has 0 saturated carbocycles. The first-order valence-corrected chi connectivity index (χ1v) is 12.0. The highest BCUT2D eigenvalue weighted by Gasteiger charge is 2.38. The molecule has 0 N–H and O–H groups in total. The minimum atomic E-state index is -3.71. The third-order valence-corrected chi connectivity index (χ3v) is 8.18. The van der Waals surface area contributed by atoms with E-state index in [1.807, 2.05) is 30.3 Å². The molecule has 2 aromatic rings. The number of sulfonamides is 1. The maximum Gasteiger partial charge on any atom is 0.244 e. The van der Waals surface area contributed by atoms with Crippen molar-refractivity contribution in [1.82, 2.24) is 14.1 Å². The SMILES string of the molecule is O=C1CC(C(=O)N2CCN(S(=O)(=O)c3ccccc3Cl)CC2)CN1Cc1ccccc1. The van der Waals surface area contributed by atoms with Crippen molar-refractivity contribution < 1.29 is 18.0 Å². The van der Waals surface area contributed by atoms with Crippen LogP contribution in [0.25, 0.3) is 0 Å². The molecule has 9 heteroatoms. The van der Waals surface area contributed by atoms with Crippen molar-refractivity contribution in [3.05, 3.63) is 65.2 Å². The first kappa shape index (κ1) is 21.8. The number of carbonyl (C=O) groups is 2. The van der Waals surface area contributed by atoms with Crippen molar-refractivity contribution in [2.45, 2.75) is 17.9 Å². The van der Waals surface area contributed by atoms with Crippen molar-refractivity contribution in [2.24, 2.45) is 5.92 Å². The van der Waals surface area contributed by atoms with Gasteiger partial charge in [-0.3, -0.25) is 9.59 Å². The molecule has 1 unspecified atom stereocenters. The van der Waals surface area contributed by atoms with Crippen LogP contribution in [0.1, 0.15) is 12.0 Å². The van der Waals surface area contributed by atoms with E-state index in [0.29, 0.717) is 26.2 Å². The molecule has 4 rings (SSSR count). The second-order valence-corrected chi connectivity index (χ2v) is 10.1. The van der Waals surface area contributed by atoms with Gasteiger partial charge in [-0.15, -0.1) is 0 Å². The lowest BCUT2D eigenvalue weighted by Gasteiger charge is -2.35. The van der Waals surface area contributed by atoms with E-state index in [0.717, 1.165) is 5.56 Å². The van der Waals surface area contributed by atoms with Crippen molar-refractivity contribution in [3.63, 3.8) is 0 Å². The van der Waals surface area contributed by atoms with E-state index in [1.165, 1.54) is 10.4 Å². The molecule has 2 aliphatic rings. The summed E-state index contributed by atoms with van der Waals surface area (Å²) in [5, 5.41) is 0.184. The van der Waals surface area contributed by atoms with Crippen LogP contribution in [0.5, 0.6) is 0 Å². The highest BCUT2D eigenvalue weighted by atomic mass is 35.5. The number of halogens is 1. The summed E-state index contributed by atoms with van der Waals surface area (Å²) in [4.78, 5) is 28.9. The molecule has 0 aliphatic carbocycles. The van der Waals surface area contributed by atoms with Crippen LogP contribution in [-0.2, 0) is 26.2 Å². The van der Waals surface area contributed by atoms with Crippen LogP contribution in [-0.4, -0.2) is 67.1 Å². The Hall–Kier alpha value is -2.42. The average Bonchev–Trinajstić information content (AvgIpc) is 3.14. The van der Waals surface area contributed by atoms with Crippen LogP contribution in [0.3, 0.4) is 0 Å². The van der Waals surface area contributed by atoms with Gasteiger partial charge < -0.3 is 9.80 Å². The molecule has 0 spiro atoms. The molecule has 2 aliphatic heterocycles. The molecule has 0 bridgehead atoms. The summed E-state index contributed by atoms with van der Waals surface area (Å²) in [6.07, 6.45) is 0.198. The van der Waals surface area contributed by atoms with Gasteiger partial charge in [-0.1, -0.05) is 54.1 Å². The van der Waals surface area contributed by atoms with E-state index in [1.54, 1.807) is 28.0 Å². The fourth-order valence-corrected chi connectivity index (χ4v) is 6.01. The Morgan fingerprint density at radius 2 is 1.61 bits per heavy atom. The summed E-state index contributed by atoms with van der Waals surface area (Å²) in [6.45, 7) is 1.89. The van der Waals surface area contributed by atoms with Crippen LogP contribution >= 0.6 is 11.6 Å². The monoisotopic (exact) mass is 461 g/mol. The third-order valence-electron chi connectivity index (χ3n) is 5.78. The highest BCUT2D eigenvalue weighted by molar-refractivity contribution is 7.89. The Bertz CT molecular complexity index is 1070. The molecule has 1 atom stereocenters. The number of nitrogens with zero attached hydrogens (tertiary/aromatic N) is 3.